The van der Waals surface area contributed by atoms with Gasteiger partial charge < -0.3 is 11.1 Å². The summed E-state index contributed by atoms with van der Waals surface area (Å²) in [5, 5.41) is 3.18. The van der Waals surface area contributed by atoms with Gasteiger partial charge in [0.05, 0.1) is 6.04 Å². The van der Waals surface area contributed by atoms with Crippen molar-refractivity contribution >= 4 is 5.91 Å². The molecule has 2 aliphatic heterocycles. The van der Waals surface area contributed by atoms with Gasteiger partial charge in [-0.3, -0.25) is 9.69 Å². The van der Waals surface area contributed by atoms with Crippen molar-refractivity contribution in [2.24, 2.45) is 11.1 Å². The second kappa shape index (κ2) is 5.17. The Bertz CT molecular complexity index is 311. The largest absolute Gasteiger partial charge is 0.350 e. The number of hydrogen-bond acceptors (Lipinski definition) is 3. The lowest BCUT2D eigenvalue weighted by Crippen LogP contribution is -2.54. The summed E-state index contributed by atoms with van der Waals surface area (Å²) < 4.78 is 0. The molecule has 4 heteroatoms. The van der Waals surface area contributed by atoms with E-state index in [1.54, 1.807) is 0 Å². The van der Waals surface area contributed by atoms with Gasteiger partial charge in [0.25, 0.3) is 0 Å². The van der Waals surface area contributed by atoms with Gasteiger partial charge in [-0.1, -0.05) is 27.2 Å². The predicted molar refractivity (Wildman–Crippen MR) is 73.2 cm³/mol. The van der Waals surface area contributed by atoms with Crippen LogP contribution in [0.25, 0.3) is 0 Å². The van der Waals surface area contributed by atoms with Gasteiger partial charge in [-0.25, -0.2) is 0 Å². The van der Waals surface area contributed by atoms with Crippen molar-refractivity contribution in [3.63, 3.8) is 0 Å². The highest BCUT2D eigenvalue weighted by Gasteiger charge is 2.38. The molecule has 0 aromatic heterocycles. The number of piperidine rings is 1. The number of hydrogen-bond donors (Lipinski definition) is 2. The van der Waals surface area contributed by atoms with Crippen LogP contribution in [0.2, 0.25) is 0 Å². The summed E-state index contributed by atoms with van der Waals surface area (Å²) in [7, 11) is 0. The molecule has 0 radical (unpaired) electrons. The van der Waals surface area contributed by atoms with Gasteiger partial charge >= 0.3 is 0 Å². The Morgan fingerprint density at radius 1 is 1.28 bits per heavy atom. The minimum Gasteiger partial charge on any atom is -0.350 e. The van der Waals surface area contributed by atoms with Crippen molar-refractivity contribution < 1.29 is 4.79 Å². The smallest absolute Gasteiger partial charge is 0.237 e. The Hall–Kier alpha value is -0.610. The van der Waals surface area contributed by atoms with E-state index in [-0.39, 0.29) is 11.3 Å². The topological polar surface area (TPSA) is 58.4 Å². The Morgan fingerprint density at radius 3 is 2.67 bits per heavy atom. The number of fused-ring (bicyclic) bond motifs is 1. The molecule has 104 valence electrons. The molecule has 2 heterocycles. The Balaban J connectivity index is 1.92. The summed E-state index contributed by atoms with van der Waals surface area (Å²) in [5.74, 6) is 0.0138. The van der Waals surface area contributed by atoms with Crippen LogP contribution in [0, 0.1) is 5.41 Å². The first kappa shape index (κ1) is 13.8. The average Bonchev–Trinajstić information content (AvgIpc) is 2.70. The fraction of sp³-hybridized carbons (Fsp3) is 0.929. The maximum absolute atomic E-state index is 12.2. The number of nitrogens with zero attached hydrogens (tertiary/aromatic N) is 1. The van der Waals surface area contributed by atoms with Crippen molar-refractivity contribution in [3.8, 4) is 0 Å². The van der Waals surface area contributed by atoms with Crippen molar-refractivity contribution in [2.45, 2.75) is 64.6 Å². The summed E-state index contributed by atoms with van der Waals surface area (Å²) in [4.78, 5) is 14.7. The standard InChI is InChI=1S/C14H27N3O/c1-14(2,3)12(15)13(18)16-10-7-9-17-8-5-4-6-11(10)17/h10-12H,4-9,15H2,1-3H3,(H,16,18)/t10?,11?,12-/m0/s1. The highest BCUT2D eigenvalue weighted by atomic mass is 16.2. The molecule has 2 fully saturated rings. The second-order valence-corrected chi connectivity index (χ2v) is 6.85. The van der Waals surface area contributed by atoms with Gasteiger partial charge in [0.1, 0.15) is 0 Å². The first-order valence-corrected chi connectivity index (χ1v) is 7.19. The molecule has 2 saturated heterocycles. The quantitative estimate of drug-likeness (QED) is 0.775. The van der Waals surface area contributed by atoms with Gasteiger partial charge in [-0.15, -0.1) is 0 Å². The summed E-state index contributed by atoms with van der Waals surface area (Å²) in [5.41, 5.74) is 5.84. The molecule has 0 aromatic rings. The van der Waals surface area contributed by atoms with Crippen LogP contribution in [-0.2, 0) is 4.79 Å². The van der Waals surface area contributed by atoms with Crippen LogP contribution in [0.1, 0.15) is 46.5 Å². The first-order valence-electron chi connectivity index (χ1n) is 7.19. The first-order chi connectivity index (χ1) is 8.39. The normalized spacial score (nSPS) is 30.9. The molecule has 2 rings (SSSR count). The minimum atomic E-state index is -0.421. The third kappa shape index (κ3) is 2.86. The monoisotopic (exact) mass is 253 g/mol. The predicted octanol–water partition coefficient (Wildman–Crippen LogP) is 1.10. The molecule has 0 saturated carbocycles. The van der Waals surface area contributed by atoms with E-state index in [4.69, 9.17) is 5.73 Å². The van der Waals surface area contributed by atoms with Crippen LogP contribution in [0.15, 0.2) is 0 Å². The fourth-order valence-corrected chi connectivity index (χ4v) is 3.08. The molecular formula is C14H27N3O. The SMILES string of the molecule is CC(C)(C)[C@@H](N)C(=O)NC1CCN2CCCCC12. The zero-order valence-corrected chi connectivity index (χ0v) is 11.9. The number of rotatable bonds is 2. The molecule has 0 aromatic carbocycles. The summed E-state index contributed by atoms with van der Waals surface area (Å²) in [6, 6.07) is 0.441. The molecule has 18 heavy (non-hydrogen) atoms. The van der Waals surface area contributed by atoms with Crippen LogP contribution in [0.4, 0.5) is 0 Å². The second-order valence-electron chi connectivity index (χ2n) is 6.85. The summed E-state index contributed by atoms with van der Waals surface area (Å²) in [6.45, 7) is 8.36. The van der Waals surface area contributed by atoms with Crippen molar-refractivity contribution in [1.29, 1.82) is 0 Å². The van der Waals surface area contributed by atoms with Gasteiger partial charge in [-0.2, -0.15) is 0 Å². The van der Waals surface area contributed by atoms with E-state index in [0.717, 1.165) is 13.0 Å². The van der Waals surface area contributed by atoms with E-state index in [1.807, 2.05) is 20.8 Å². The molecular weight excluding hydrogens is 226 g/mol. The van der Waals surface area contributed by atoms with Crippen molar-refractivity contribution in [2.75, 3.05) is 13.1 Å². The Kier molecular flexibility index (Phi) is 3.97. The molecule has 3 N–H and O–H groups in total. The maximum Gasteiger partial charge on any atom is 0.237 e. The number of amides is 1. The van der Waals surface area contributed by atoms with Crippen LogP contribution >= 0.6 is 0 Å². The van der Waals surface area contributed by atoms with E-state index in [9.17, 15) is 4.79 Å². The fourth-order valence-electron chi connectivity index (χ4n) is 3.08. The average molecular weight is 253 g/mol. The van der Waals surface area contributed by atoms with Gasteiger partial charge in [0.15, 0.2) is 0 Å². The molecule has 0 spiro atoms. The third-order valence-corrected chi connectivity index (χ3v) is 4.40. The van der Waals surface area contributed by atoms with E-state index in [0.29, 0.717) is 12.1 Å². The number of nitrogens with one attached hydrogen (secondary N) is 1. The number of carbonyl (C=O) groups excluding carboxylic acids is 1. The Labute approximate surface area is 110 Å². The highest BCUT2D eigenvalue weighted by Crippen LogP contribution is 2.27. The van der Waals surface area contributed by atoms with E-state index < -0.39 is 6.04 Å². The summed E-state index contributed by atoms with van der Waals surface area (Å²) >= 11 is 0. The van der Waals surface area contributed by atoms with E-state index in [2.05, 4.69) is 10.2 Å². The lowest BCUT2D eigenvalue weighted by molar-refractivity contribution is -0.125. The van der Waals surface area contributed by atoms with Crippen LogP contribution in [0.3, 0.4) is 0 Å². The zero-order chi connectivity index (χ0) is 13.3. The molecule has 2 aliphatic rings. The summed E-state index contributed by atoms with van der Waals surface area (Å²) in [6.07, 6.45) is 4.89. The minimum absolute atomic E-state index is 0.0138. The van der Waals surface area contributed by atoms with Crippen LogP contribution < -0.4 is 11.1 Å². The lowest BCUT2D eigenvalue weighted by atomic mass is 9.86. The lowest BCUT2D eigenvalue weighted by Gasteiger charge is -2.34. The van der Waals surface area contributed by atoms with Gasteiger partial charge in [0.2, 0.25) is 5.91 Å². The molecule has 3 atom stereocenters. The Morgan fingerprint density at radius 2 is 2.00 bits per heavy atom. The van der Waals surface area contributed by atoms with E-state index >= 15 is 0 Å². The van der Waals surface area contributed by atoms with Crippen LogP contribution in [0.5, 0.6) is 0 Å². The van der Waals surface area contributed by atoms with E-state index in [1.165, 1.54) is 25.8 Å². The van der Waals surface area contributed by atoms with Crippen LogP contribution in [-0.4, -0.2) is 42.0 Å². The van der Waals surface area contributed by atoms with Gasteiger partial charge in [-0.05, 0) is 31.2 Å². The maximum atomic E-state index is 12.2. The molecule has 0 bridgehead atoms. The molecule has 4 nitrogen and oxygen atoms in total. The third-order valence-electron chi connectivity index (χ3n) is 4.40. The zero-order valence-electron chi connectivity index (χ0n) is 11.9. The molecule has 1 amide bonds. The van der Waals surface area contributed by atoms with Crippen molar-refractivity contribution in [1.82, 2.24) is 10.2 Å². The number of carbonyl (C=O) groups is 1. The van der Waals surface area contributed by atoms with Crippen molar-refractivity contribution in [3.05, 3.63) is 0 Å². The number of nitrogens with two attached hydrogens (primary N) is 1. The molecule has 2 unspecified atom stereocenters. The van der Waals surface area contributed by atoms with Gasteiger partial charge in [0, 0.05) is 18.6 Å². The highest BCUT2D eigenvalue weighted by molar-refractivity contribution is 5.82. The molecule has 0 aliphatic carbocycles.